The molecule has 184 valence electrons. The van der Waals surface area contributed by atoms with E-state index in [4.69, 9.17) is 25.3 Å². The van der Waals surface area contributed by atoms with Gasteiger partial charge in [0.25, 0.3) is 0 Å². The zero-order valence-electron chi connectivity index (χ0n) is 19.4. The Morgan fingerprint density at radius 2 is 1.67 bits per heavy atom. The van der Waals surface area contributed by atoms with Crippen LogP contribution in [-0.2, 0) is 12.7 Å². The van der Waals surface area contributed by atoms with Crippen molar-refractivity contribution < 1.29 is 22.6 Å². The zero-order valence-corrected chi connectivity index (χ0v) is 19.4. The molecule has 7 nitrogen and oxygen atoms in total. The lowest BCUT2D eigenvalue weighted by Crippen LogP contribution is -2.09. The molecule has 2 aromatic heterocycles. The van der Waals surface area contributed by atoms with Crippen LogP contribution in [0.4, 0.5) is 24.7 Å². The number of hydrogen-bond acceptors (Lipinski definition) is 6. The molecule has 0 saturated carbocycles. The number of benzene rings is 3. The van der Waals surface area contributed by atoms with E-state index in [1.54, 1.807) is 16.6 Å². The number of anilines is 2. The van der Waals surface area contributed by atoms with Crippen LogP contribution in [0.5, 0.6) is 11.5 Å². The van der Waals surface area contributed by atoms with Crippen molar-refractivity contribution in [3.8, 4) is 22.8 Å². The predicted octanol–water partition coefficient (Wildman–Crippen LogP) is 5.78. The molecule has 0 radical (unpaired) electrons. The van der Waals surface area contributed by atoms with Crippen LogP contribution in [0.1, 0.15) is 11.1 Å². The Balaban J connectivity index is 1.63. The third kappa shape index (κ3) is 4.33. The van der Waals surface area contributed by atoms with Gasteiger partial charge in [0.05, 0.1) is 31.0 Å². The SMILES string of the molecule is COc1cc2c(NCc3cc(N)cc(C(F)(F)F)c3)nc3cc(-c4ccccc4)nn3c2cc1OC. The average molecular weight is 493 g/mol. The minimum Gasteiger partial charge on any atom is -0.493 e. The largest absolute Gasteiger partial charge is 0.493 e. The van der Waals surface area contributed by atoms with E-state index in [0.29, 0.717) is 39.4 Å². The minimum absolute atomic E-state index is 0.0320. The van der Waals surface area contributed by atoms with E-state index in [9.17, 15) is 13.2 Å². The van der Waals surface area contributed by atoms with Gasteiger partial charge in [0.15, 0.2) is 17.1 Å². The topological polar surface area (TPSA) is 86.7 Å². The smallest absolute Gasteiger partial charge is 0.416 e. The Labute approximate surface area is 204 Å². The summed E-state index contributed by atoms with van der Waals surface area (Å²) in [6.07, 6.45) is -4.50. The number of nitrogens with two attached hydrogens (primary N) is 1. The number of aromatic nitrogens is 3. The number of rotatable bonds is 6. The number of fused-ring (bicyclic) bond motifs is 3. The monoisotopic (exact) mass is 493 g/mol. The molecule has 0 spiro atoms. The van der Waals surface area contributed by atoms with Crippen molar-refractivity contribution in [2.75, 3.05) is 25.3 Å². The summed E-state index contributed by atoms with van der Waals surface area (Å²) in [5.74, 6) is 1.44. The summed E-state index contributed by atoms with van der Waals surface area (Å²) < 4.78 is 52.5. The number of methoxy groups -OCH3 is 2. The second-order valence-corrected chi connectivity index (χ2v) is 8.16. The molecule has 5 aromatic rings. The Kier molecular flexibility index (Phi) is 5.79. The number of ether oxygens (including phenoxy) is 2. The maximum Gasteiger partial charge on any atom is 0.416 e. The van der Waals surface area contributed by atoms with Crippen LogP contribution < -0.4 is 20.5 Å². The molecular weight excluding hydrogens is 471 g/mol. The van der Waals surface area contributed by atoms with Gasteiger partial charge in [-0.25, -0.2) is 9.50 Å². The lowest BCUT2D eigenvalue weighted by molar-refractivity contribution is -0.137. The maximum atomic E-state index is 13.3. The van der Waals surface area contributed by atoms with Crippen LogP contribution in [0.3, 0.4) is 0 Å². The molecule has 0 aliphatic heterocycles. The van der Waals surface area contributed by atoms with Crippen molar-refractivity contribution >= 4 is 28.1 Å². The molecule has 10 heteroatoms. The molecule has 0 aliphatic rings. The third-order valence-corrected chi connectivity index (χ3v) is 5.77. The van der Waals surface area contributed by atoms with E-state index in [1.807, 2.05) is 36.4 Å². The normalized spacial score (nSPS) is 11.7. The fourth-order valence-corrected chi connectivity index (χ4v) is 4.09. The minimum atomic E-state index is -4.50. The summed E-state index contributed by atoms with van der Waals surface area (Å²) in [7, 11) is 3.06. The third-order valence-electron chi connectivity index (χ3n) is 5.77. The van der Waals surface area contributed by atoms with Gasteiger partial charge in [-0.15, -0.1) is 0 Å². The molecule has 0 unspecified atom stereocenters. The summed E-state index contributed by atoms with van der Waals surface area (Å²) in [6, 6.07) is 18.5. The van der Waals surface area contributed by atoms with E-state index < -0.39 is 11.7 Å². The van der Waals surface area contributed by atoms with Crippen molar-refractivity contribution in [2.45, 2.75) is 12.7 Å². The van der Waals surface area contributed by atoms with Gasteiger partial charge in [0, 0.05) is 35.3 Å². The van der Waals surface area contributed by atoms with E-state index >= 15 is 0 Å². The second kappa shape index (κ2) is 8.95. The lowest BCUT2D eigenvalue weighted by Gasteiger charge is -2.15. The van der Waals surface area contributed by atoms with Crippen LogP contribution >= 0.6 is 0 Å². The summed E-state index contributed by atoms with van der Waals surface area (Å²) >= 11 is 0. The van der Waals surface area contributed by atoms with Gasteiger partial charge in [0.1, 0.15) is 5.82 Å². The summed E-state index contributed by atoms with van der Waals surface area (Å²) in [6.45, 7) is 0.0699. The van der Waals surface area contributed by atoms with Crippen LogP contribution in [0.2, 0.25) is 0 Å². The van der Waals surface area contributed by atoms with Crippen LogP contribution in [0.25, 0.3) is 27.8 Å². The first-order chi connectivity index (χ1) is 17.3. The van der Waals surface area contributed by atoms with Gasteiger partial charge in [-0.3, -0.25) is 0 Å². The van der Waals surface area contributed by atoms with Crippen molar-refractivity contribution in [3.05, 3.63) is 77.9 Å². The number of nitrogens with one attached hydrogen (secondary N) is 1. The maximum absolute atomic E-state index is 13.3. The van der Waals surface area contributed by atoms with Gasteiger partial charge in [-0.05, 0) is 29.8 Å². The van der Waals surface area contributed by atoms with Crippen molar-refractivity contribution in [3.63, 3.8) is 0 Å². The van der Waals surface area contributed by atoms with Gasteiger partial charge in [-0.1, -0.05) is 30.3 Å². The Morgan fingerprint density at radius 1 is 0.944 bits per heavy atom. The lowest BCUT2D eigenvalue weighted by atomic mass is 10.1. The van der Waals surface area contributed by atoms with E-state index in [-0.39, 0.29) is 12.2 Å². The van der Waals surface area contributed by atoms with Gasteiger partial charge in [0.2, 0.25) is 0 Å². The highest BCUT2D eigenvalue weighted by Gasteiger charge is 2.31. The van der Waals surface area contributed by atoms with Gasteiger partial charge in [-0.2, -0.15) is 18.3 Å². The number of halogens is 3. The molecule has 0 fully saturated rings. The molecule has 36 heavy (non-hydrogen) atoms. The summed E-state index contributed by atoms with van der Waals surface area (Å²) in [5.41, 5.74) is 8.22. The first-order valence-electron chi connectivity index (χ1n) is 11.0. The van der Waals surface area contributed by atoms with Crippen LogP contribution in [-0.4, -0.2) is 28.8 Å². The number of nitrogens with zero attached hydrogens (tertiary/aromatic N) is 3. The van der Waals surface area contributed by atoms with Crippen LogP contribution in [0.15, 0.2) is 66.7 Å². The molecule has 2 heterocycles. The number of hydrogen-bond donors (Lipinski definition) is 2. The summed E-state index contributed by atoms with van der Waals surface area (Å²) in [5, 5.41) is 8.56. The van der Waals surface area contributed by atoms with E-state index in [2.05, 4.69) is 5.32 Å². The molecule has 5 rings (SSSR count). The highest BCUT2D eigenvalue weighted by molar-refractivity contribution is 5.94. The molecule has 0 saturated heterocycles. The fourth-order valence-electron chi connectivity index (χ4n) is 4.09. The molecule has 0 atom stereocenters. The predicted molar refractivity (Wildman–Crippen MR) is 132 cm³/mol. The Bertz CT molecular complexity index is 1570. The van der Waals surface area contributed by atoms with Crippen molar-refractivity contribution in [1.82, 2.24) is 14.6 Å². The van der Waals surface area contributed by atoms with Crippen LogP contribution in [0, 0.1) is 0 Å². The zero-order chi connectivity index (χ0) is 25.4. The summed E-state index contributed by atoms with van der Waals surface area (Å²) in [4.78, 5) is 4.73. The number of nitrogen functional groups attached to an aromatic ring is 1. The molecule has 0 bridgehead atoms. The van der Waals surface area contributed by atoms with E-state index in [1.165, 1.54) is 20.3 Å². The van der Waals surface area contributed by atoms with E-state index in [0.717, 1.165) is 23.4 Å². The van der Waals surface area contributed by atoms with Crippen molar-refractivity contribution in [2.24, 2.45) is 0 Å². The quantitative estimate of drug-likeness (QED) is 0.292. The molecule has 0 amide bonds. The molecule has 3 N–H and O–H groups in total. The van der Waals surface area contributed by atoms with Gasteiger partial charge >= 0.3 is 6.18 Å². The highest BCUT2D eigenvalue weighted by atomic mass is 19.4. The first-order valence-corrected chi connectivity index (χ1v) is 11.0. The fraction of sp³-hybridized carbons (Fsp3) is 0.154. The second-order valence-electron chi connectivity index (χ2n) is 8.16. The highest BCUT2D eigenvalue weighted by Crippen LogP contribution is 2.36. The molecule has 0 aliphatic carbocycles. The Morgan fingerprint density at radius 3 is 2.36 bits per heavy atom. The molecule has 3 aromatic carbocycles. The number of alkyl halides is 3. The standard InChI is InChI=1S/C26H22F3N5O2/c1-35-22-11-19-21(13-23(22)36-2)34-24(12-20(33-34)16-6-4-3-5-7-16)32-25(19)31-14-15-8-17(26(27,28)29)10-18(30)9-15/h3-13H,14,30H2,1-2H3,(H,31,32). The Hall–Kier alpha value is -4.47. The van der Waals surface area contributed by atoms with Gasteiger partial charge < -0.3 is 20.5 Å². The molecular formula is C26H22F3N5O2. The first kappa shape index (κ1) is 23.3. The van der Waals surface area contributed by atoms with Crippen molar-refractivity contribution in [1.29, 1.82) is 0 Å². The average Bonchev–Trinajstić information content (AvgIpc) is 3.30.